The lowest BCUT2D eigenvalue weighted by Gasteiger charge is -2.39. The topological polar surface area (TPSA) is 3.24 Å². The number of nitrogens with zero attached hydrogens (tertiary/aromatic N) is 1. The van der Waals surface area contributed by atoms with Crippen LogP contribution in [-0.4, -0.2) is 17.0 Å². The number of hydrogen-bond acceptors (Lipinski definition) is 1. The molecule has 0 fully saturated rings. The molecule has 0 amide bonds. The van der Waals surface area contributed by atoms with Crippen LogP contribution in [0.5, 0.6) is 0 Å². The Morgan fingerprint density at radius 3 is 2.19 bits per heavy atom. The van der Waals surface area contributed by atoms with Gasteiger partial charge in [-0.15, -0.1) is 0 Å². The molecular formula is C13H17F2N. The van der Waals surface area contributed by atoms with Gasteiger partial charge < -0.3 is 0 Å². The molecule has 1 heterocycles. The van der Waals surface area contributed by atoms with E-state index < -0.39 is 11.6 Å². The molecule has 0 saturated carbocycles. The Balaban J connectivity index is 2.31. The summed E-state index contributed by atoms with van der Waals surface area (Å²) in [5.41, 5.74) is 1.93. The van der Waals surface area contributed by atoms with Crippen molar-refractivity contribution < 1.29 is 8.78 Å². The van der Waals surface area contributed by atoms with Crippen LogP contribution in [0.1, 0.15) is 31.9 Å². The summed E-state index contributed by atoms with van der Waals surface area (Å²) in [5.74, 6) is -1.47. The Labute approximate surface area is 95.1 Å². The zero-order valence-corrected chi connectivity index (χ0v) is 9.98. The first-order valence-corrected chi connectivity index (χ1v) is 5.60. The Kier molecular flexibility index (Phi) is 2.74. The van der Waals surface area contributed by atoms with E-state index in [1.807, 2.05) is 0 Å². The molecular weight excluding hydrogens is 208 g/mol. The highest BCUT2D eigenvalue weighted by atomic mass is 19.2. The maximum absolute atomic E-state index is 13.1. The predicted octanol–water partition coefficient (Wildman–Crippen LogP) is 3.12. The van der Waals surface area contributed by atoms with Crippen molar-refractivity contribution in [2.24, 2.45) is 0 Å². The third-order valence-corrected chi connectivity index (χ3v) is 3.20. The van der Waals surface area contributed by atoms with Gasteiger partial charge in [0.1, 0.15) is 0 Å². The summed E-state index contributed by atoms with van der Waals surface area (Å²) in [5, 5.41) is 0. The minimum atomic E-state index is -0.741. The quantitative estimate of drug-likeness (QED) is 0.655. The molecule has 0 spiro atoms. The van der Waals surface area contributed by atoms with Gasteiger partial charge in [-0.25, -0.2) is 8.78 Å². The van der Waals surface area contributed by atoms with Crippen LogP contribution in [0.15, 0.2) is 12.1 Å². The van der Waals surface area contributed by atoms with Crippen molar-refractivity contribution >= 4 is 0 Å². The first kappa shape index (κ1) is 11.5. The van der Waals surface area contributed by atoms with Crippen LogP contribution in [0.3, 0.4) is 0 Å². The molecule has 0 aliphatic carbocycles. The molecule has 1 nitrogen and oxygen atoms in total. The zero-order valence-electron chi connectivity index (χ0n) is 9.98. The second kappa shape index (κ2) is 3.81. The molecule has 0 radical (unpaired) electrons. The van der Waals surface area contributed by atoms with Crippen LogP contribution in [0, 0.1) is 11.6 Å². The lowest BCUT2D eigenvalue weighted by Crippen LogP contribution is -2.44. The Bertz CT molecular complexity index is 407. The monoisotopic (exact) mass is 225 g/mol. The number of halogens is 2. The van der Waals surface area contributed by atoms with E-state index in [9.17, 15) is 8.78 Å². The van der Waals surface area contributed by atoms with Crippen molar-refractivity contribution in [3.8, 4) is 0 Å². The first-order valence-electron chi connectivity index (χ1n) is 5.60. The van der Waals surface area contributed by atoms with Gasteiger partial charge in [0.15, 0.2) is 11.6 Å². The molecule has 1 aromatic carbocycles. The van der Waals surface area contributed by atoms with Crippen LogP contribution in [0.25, 0.3) is 0 Å². The number of hydrogen-bond donors (Lipinski definition) is 0. The maximum Gasteiger partial charge on any atom is 0.159 e. The standard InChI is InChI=1S/C13H17F2N/c1-13(2,3)16-5-4-9-6-11(14)12(15)7-10(9)8-16/h6-7H,4-5,8H2,1-3H3. The van der Waals surface area contributed by atoms with Crippen LogP contribution >= 0.6 is 0 Å². The minimum absolute atomic E-state index is 0.0720. The molecule has 3 heteroatoms. The van der Waals surface area contributed by atoms with E-state index in [2.05, 4.69) is 25.7 Å². The average Bonchev–Trinajstić information content (AvgIpc) is 2.17. The van der Waals surface area contributed by atoms with Crippen molar-refractivity contribution in [1.82, 2.24) is 4.90 Å². The Morgan fingerprint density at radius 2 is 1.62 bits per heavy atom. The predicted molar refractivity (Wildman–Crippen MR) is 60.2 cm³/mol. The van der Waals surface area contributed by atoms with Gasteiger partial charge in [0.25, 0.3) is 0 Å². The zero-order chi connectivity index (χ0) is 11.9. The van der Waals surface area contributed by atoms with Crippen molar-refractivity contribution in [2.45, 2.75) is 39.3 Å². The molecule has 0 N–H and O–H groups in total. The normalized spacial score (nSPS) is 17.3. The molecule has 0 bridgehead atoms. The molecule has 0 aromatic heterocycles. The van der Waals surface area contributed by atoms with Crippen LogP contribution in [0.4, 0.5) is 8.78 Å². The van der Waals surface area contributed by atoms with Gasteiger partial charge in [-0.1, -0.05) is 0 Å². The molecule has 1 aliphatic rings. The van der Waals surface area contributed by atoms with E-state index in [0.29, 0.717) is 6.54 Å². The second-order valence-corrected chi connectivity index (χ2v) is 5.38. The summed E-state index contributed by atoms with van der Waals surface area (Å²) in [4.78, 5) is 2.28. The maximum atomic E-state index is 13.1. The third kappa shape index (κ3) is 2.09. The summed E-state index contributed by atoms with van der Waals surface area (Å²) in [6.45, 7) is 8.02. The van der Waals surface area contributed by atoms with Crippen molar-refractivity contribution in [3.05, 3.63) is 34.9 Å². The van der Waals surface area contributed by atoms with E-state index in [4.69, 9.17) is 0 Å². The fourth-order valence-electron chi connectivity index (χ4n) is 2.12. The van der Waals surface area contributed by atoms with Crippen LogP contribution < -0.4 is 0 Å². The van der Waals surface area contributed by atoms with Gasteiger partial charge in [0, 0.05) is 18.6 Å². The summed E-state index contributed by atoms with van der Waals surface area (Å²) < 4.78 is 26.2. The molecule has 16 heavy (non-hydrogen) atoms. The van der Waals surface area contributed by atoms with E-state index >= 15 is 0 Å². The van der Waals surface area contributed by atoms with Crippen molar-refractivity contribution in [3.63, 3.8) is 0 Å². The van der Waals surface area contributed by atoms with Gasteiger partial charge in [-0.2, -0.15) is 0 Å². The molecule has 1 aromatic rings. The fourth-order valence-corrected chi connectivity index (χ4v) is 2.12. The molecule has 0 atom stereocenters. The van der Waals surface area contributed by atoms with E-state index in [-0.39, 0.29) is 5.54 Å². The molecule has 88 valence electrons. The van der Waals surface area contributed by atoms with Crippen LogP contribution in [-0.2, 0) is 13.0 Å². The molecule has 0 saturated heterocycles. The smallest absolute Gasteiger partial charge is 0.159 e. The van der Waals surface area contributed by atoms with E-state index in [0.717, 1.165) is 24.1 Å². The van der Waals surface area contributed by atoms with Crippen molar-refractivity contribution in [1.29, 1.82) is 0 Å². The van der Waals surface area contributed by atoms with Crippen LogP contribution in [0.2, 0.25) is 0 Å². The third-order valence-electron chi connectivity index (χ3n) is 3.20. The van der Waals surface area contributed by atoms with Gasteiger partial charge in [0.05, 0.1) is 0 Å². The molecule has 1 aliphatic heterocycles. The fraction of sp³-hybridized carbons (Fsp3) is 0.538. The van der Waals surface area contributed by atoms with Gasteiger partial charge in [0.2, 0.25) is 0 Å². The first-order chi connectivity index (χ1) is 7.38. The highest BCUT2D eigenvalue weighted by Crippen LogP contribution is 2.26. The summed E-state index contributed by atoms with van der Waals surface area (Å²) in [7, 11) is 0. The van der Waals surface area contributed by atoms with Gasteiger partial charge in [-0.3, -0.25) is 4.90 Å². The number of fused-ring (bicyclic) bond motifs is 1. The van der Waals surface area contributed by atoms with Crippen molar-refractivity contribution in [2.75, 3.05) is 6.54 Å². The molecule has 2 rings (SSSR count). The summed E-state index contributed by atoms with van der Waals surface area (Å²) in [6.07, 6.45) is 0.795. The van der Waals surface area contributed by atoms with E-state index in [1.54, 1.807) is 0 Å². The molecule has 0 unspecified atom stereocenters. The number of benzene rings is 1. The summed E-state index contributed by atoms with van der Waals surface area (Å²) in [6, 6.07) is 2.67. The highest BCUT2D eigenvalue weighted by Gasteiger charge is 2.26. The number of rotatable bonds is 0. The average molecular weight is 225 g/mol. The van der Waals surface area contributed by atoms with Gasteiger partial charge in [-0.05, 0) is 50.5 Å². The SMILES string of the molecule is CC(C)(C)N1CCc2cc(F)c(F)cc2C1. The lowest BCUT2D eigenvalue weighted by atomic mass is 9.95. The highest BCUT2D eigenvalue weighted by molar-refractivity contribution is 5.31. The Hall–Kier alpha value is -0.960. The largest absolute Gasteiger partial charge is 0.294 e. The minimum Gasteiger partial charge on any atom is -0.294 e. The lowest BCUT2D eigenvalue weighted by molar-refractivity contribution is 0.120. The summed E-state index contributed by atoms with van der Waals surface area (Å²) >= 11 is 0. The second-order valence-electron chi connectivity index (χ2n) is 5.38. The van der Waals surface area contributed by atoms with E-state index in [1.165, 1.54) is 12.1 Å². The van der Waals surface area contributed by atoms with Gasteiger partial charge >= 0.3 is 0 Å². The Morgan fingerprint density at radius 1 is 1.06 bits per heavy atom.